The third-order valence-electron chi connectivity index (χ3n) is 6.43. The molecule has 0 radical (unpaired) electrons. The van der Waals surface area contributed by atoms with E-state index in [0.717, 1.165) is 22.4 Å². The number of carbonyl (C=O) groups excluding carboxylic acids is 2. The molecule has 3 aromatic carbocycles. The summed E-state index contributed by atoms with van der Waals surface area (Å²) in [5, 5.41) is 6.04. The Morgan fingerprint density at radius 1 is 1.18 bits per heavy atom. The smallest absolute Gasteiger partial charge is 0.325 e. The monoisotopic (exact) mass is 457 g/mol. The summed E-state index contributed by atoms with van der Waals surface area (Å²) in [5.41, 5.74) is 3.18. The van der Waals surface area contributed by atoms with Crippen LogP contribution >= 0.6 is 0 Å². The number of fused-ring (bicyclic) bond motifs is 4. The summed E-state index contributed by atoms with van der Waals surface area (Å²) in [6.07, 6.45) is 0.597. The van der Waals surface area contributed by atoms with Gasteiger partial charge in [0.15, 0.2) is 5.72 Å². The predicted octanol–water partition coefficient (Wildman–Crippen LogP) is 4.70. The number of para-hydroxylation sites is 1. The molecule has 3 amide bonds. The molecule has 2 bridgehead atoms. The van der Waals surface area contributed by atoms with Crippen LogP contribution in [0, 0.1) is 6.92 Å². The van der Waals surface area contributed by atoms with E-state index in [9.17, 15) is 9.59 Å². The highest BCUT2D eigenvalue weighted by molar-refractivity contribution is 5.99. The lowest BCUT2D eigenvalue weighted by Gasteiger charge is -2.50. The Balaban J connectivity index is 1.39. The van der Waals surface area contributed by atoms with Gasteiger partial charge in [0.25, 0.3) is 5.91 Å². The number of rotatable bonds is 5. The second-order valence-corrected chi connectivity index (χ2v) is 8.90. The number of urea groups is 1. The molecular weight excluding hydrogens is 430 g/mol. The maximum absolute atomic E-state index is 13.2. The minimum absolute atomic E-state index is 0.121. The van der Waals surface area contributed by atoms with Crippen molar-refractivity contribution < 1.29 is 19.1 Å². The molecule has 0 aromatic heterocycles. The predicted molar refractivity (Wildman–Crippen MR) is 129 cm³/mol. The normalized spacial score (nSPS) is 20.6. The van der Waals surface area contributed by atoms with Crippen LogP contribution in [0.2, 0.25) is 0 Å². The van der Waals surface area contributed by atoms with Gasteiger partial charge in [-0.25, -0.2) is 4.79 Å². The highest BCUT2D eigenvalue weighted by Crippen LogP contribution is 2.45. The quantitative estimate of drug-likeness (QED) is 0.582. The first-order valence-electron chi connectivity index (χ1n) is 11.3. The summed E-state index contributed by atoms with van der Waals surface area (Å²) < 4.78 is 11.7. The molecule has 2 atom stereocenters. The van der Waals surface area contributed by atoms with Crippen LogP contribution in [0.25, 0.3) is 0 Å². The van der Waals surface area contributed by atoms with Crippen molar-refractivity contribution in [3.05, 3.63) is 89.0 Å². The number of nitrogens with zero attached hydrogens (tertiary/aromatic N) is 1. The van der Waals surface area contributed by atoms with Crippen molar-refractivity contribution in [1.82, 2.24) is 10.6 Å². The largest absolute Gasteiger partial charge is 0.496 e. The van der Waals surface area contributed by atoms with Crippen LogP contribution in [0.15, 0.2) is 66.7 Å². The summed E-state index contributed by atoms with van der Waals surface area (Å²) in [4.78, 5) is 27.7. The van der Waals surface area contributed by atoms with Crippen LogP contribution in [0.5, 0.6) is 11.5 Å². The third kappa shape index (κ3) is 3.83. The van der Waals surface area contributed by atoms with Crippen molar-refractivity contribution in [2.45, 2.75) is 38.6 Å². The summed E-state index contributed by atoms with van der Waals surface area (Å²) in [6.45, 7) is 4.27. The maximum Gasteiger partial charge on any atom is 0.325 e. The fourth-order valence-corrected chi connectivity index (χ4v) is 4.80. The molecule has 0 aliphatic carbocycles. The number of methoxy groups -OCH3 is 1. The van der Waals surface area contributed by atoms with E-state index in [4.69, 9.17) is 9.47 Å². The number of amides is 3. The Bertz CT molecular complexity index is 1270. The Morgan fingerprint density at radius 2 is 2.00 bits per heavy atom. The number of aryl methyl sites for hydroxylation is 1. The van der Waals surface area contributed by atoms with Gasteiger partial charge in [-0.15, -0.1) is 0 Å². The average molecular weight is 458 g/mol. The van der Waals surface area contributed by atoms with E-state index in [-0.39, 0.29) is 18.0 Å². The molecule has 2 N–H and O–H groups in total. The topological polar surface area (TPSA) is 79.9 Å². The Hall–Kier alpha value is -4.00. The second-order valence-electron chi connectivity index (χ2n) is 8.90. The second kappa shape index (κ2) is 8.41. The van der Waals surface area contributed by atoms with Crippen molar-refractivity contribution in [2.24, 2.45) is 0 Å². The average Bonchev–Trinajstić information content (AvgIpc) is 2.83. The molecule has 2 aliphatic rings. The van der Waals surface area contributed by atoms with E-state index < -0.39 is 5.72 Å². The van der Waals surface area contributed by atoms with Crippen LogP contribution in [-0.2, 0) is 6.54 Å². The summed E-state index contributed by atoms with van der Waals surface area (Å²) in [5.74, 6) is 1.24. The van der Waals surface area contributed by atoms with Gasteiger partial charge in [0.1, 0.15) is 11.5 Å². The number of hydrogen-bond acceptors (Lipinski definition) is 4. The van der Waals surface area contributed by atoms with Crippen LogP contribution in [0.4, 0.5) is 10.5 Å². The van der Waals surface area contributed by atoms with Crippen LogP contribution in [-0.4, -0.2) is 24.8 Å². The molecule has 7 nitrogen and oxygen atoms in total. The SMILES string of the molecule is COc1ccccc1CNC(=O)c1cccc(N2C(=O)N[C@H]3C[C@@]2(C)Oc2ccc(C)cc23)c1. The molecule has 1 saturated heterocycles. The highest BCUT2D eigenvalue weighted by atomic mass is 16.5. The van der Waals surface area contributed by atoms with Gasteiger partial charge in [0.05, 0.1) is 18.8 Å². The fourth-order valence-electron chi connectivity index (χ4n) is 4.80. The lowest BCUT2D eigenvalue weighted by atomic mass is 9.89. The van der Waals surface area contributed by atoms with Gasteiger partial charge in [-0.05, 0) is 44.2 Å². The lowest BCUT2D eigenvalue weighted by molar-refractivity contribution is 0.0378. The van der Waals surface area contributed by atoms with Gasteiger partial charge in [-0.2, -0.15) is 0 Å². The molecule has 0 saturated carbocycles. The molecule has 34 heavy (non-hydrogen) atoms. The zero-order valence-corrected chi connectivity index (χ0v) is 19.4. The number of anilines is 1. The van der Waals surface area contributed by atoms with Gasteiger partial charge in [0, 0.05) is 29.7 Å². The van der Waals surface area contributed by atoms with Gasteiger partial charge in [-0.1, -0.05) is 42.0 Å². The van der Waals surface area contributed by atoms with Crippen molar-refractivity contribution in [2.75, 3.05) is 12.0 Å². The minimum atomic E-state index is -0.873. The minimum Gasteiger partial charge on any atom is -0.496 e. The first-order valence-corrected chi connectivity index (χ1v) is 11.3. The van der Waals surface area contributed by atoms with E-state index in [1.54, 1.807) is 30.2 Å². The first-order chi connectivity index (χ1) is 16.4. The van der Waals surface area contributed by atoms with Gasteiger partial charge >= 0.3 is 6.03 Å². The molecule has 0 unspecified atom stereocenters. The number of benzene rings is 3. The zero-order valence-electron chi connectivity index (χ0n) is 19.4. The van der Waals surface area contributed by atoms with E-state index >= 15 is 0 Å². The van der Waals surface area contributed by atoms with E-state index in [1.807, 2.05) is 56.3 Å². The zero-order chi connectivity index (χ0) is 23.9. The lowest BCUT2D eigenvalue weighted by Crippen LogP contribution is -2.65. The molecule has 2 aliphatic heterocycles. The Kier molecular flexibility index (Phi) is 5.40. The molecule has 0 spiro atoms. The molecule has 174 valence electrons. The molecule has 2 heterocycles. The maximum atomic E-state index is 13.2. The van der Waals surface area contributed by atoms with Crippen molar-refractivity contribution in [1.29, 1.82) is 0 Å². The van der Waals surface area contributed by atoms with Crippen LogP contribution in [0.3, 0.4) is 0 Å². The van der Waals surface area contributed by atoms with Crippen LogP contribution in [0.1, 0.15) is 46.4 Å². The molecule has 5 rings (SSSR count). The fraction of sp³-hybridized carbons (Fsp3) is 0.259. The number of hydrogen-bond donors (Lipinski definition) is 2. The highest BCUT2D eigenvalue weighted by Gasteiger charge is 2.49. The standard InChI is InChI=1S/C27H27N3O4/c1-17-11-12-24-21(13-17)22-15-27(2,34-24)30(26(32)29-22)20-9-6-8-18(14-20)25(31)28-16-19-7-4-5-10-23(19)33-3/h4-14,22H,15-16H2,1-3H3,(H,28,31)(H,29,32)/t22-,27+/m0/s1. The number of ether oxygens (including phenoxy) is 2. The Labute approximate surface area is 198 Å². The van der Waals surface area contributed by atoms with E-state index in [0.29, 0.717) is 30.0 Å². The van der Waals surface area contributed by atoms with Gasteiger partial charge < -0.3 is 20.1 Å². The molecule has 3 aromatic rings. The van der Waals surface area contributed by atoms with Gasteiger partial charge in [0.2, 0.25) is 0 Å². The third-order valence-corrected chi connectivity index (χ3v) is 6.43. The van der Waals surface area contributed by atoms with Crippen molar-refractivity contribution >= 4 is 17.6 Å². The number of nitrogens with one attached hydrogen (secondary N) is 2. The number of carbonyl (C=O) groups is 2. The first kappa shape index (κ1) is 21.8. The van der Waals surface area contributed by atoms with E-state index in [2.05, 4.69) is 16.7 Å². The van der Waals surface area contributed by atoms with E-state index in [1.165, 1.54) is 0 Å². The Morgan fingerprint density at radius 3 is 2.82 bits per heavy atom. The van der Waals surface area contributed by atoms with Crippen molar-refractivity contribution in [3.63, 3.8) is 0 Å². The van der Waals surface area contributed by atoms with Crippen LogP contribution < -0.4 is 25.0 Å². The summed E-state index contributed by atoms with van der Waals surface area (Å²) in [7, 11) is 1.60. The molecular formula is C27H27N3O4. The summed E-state index contributed by atoms with van der Waals surface area (Å²) >= 11 is 0. The van der Waals surface area contributed by atoms with Crippen molar-refractivity contribution in [3.8, 4) is 11.5 Å². The summed E-state index contributed by atoms with van der Waals surface area (Å²) in [6, 6.07) is 20.2. The molecule has 1 fully saturated rings. The van der Waals surface area contributed by atoms with Gasteiger partial charge in [-0.3, -0.25) is 9.69 Å². The molecule has 7 heteroatoms.